The summed E-state index contributed by atoms with van der Waals surface area (Å²) in [4.78, 5) is -1.03. The topological polar surface area (TPSA) is 34.1 Å². The quantitative estimate of drug-likeness (QED) is 0.616. The van der Waals surface area contributed by atoms with Gasteiger partial charge in [-0.3, -0.25) is 0 Å². The fourth-order valence-corrected chi connectivity index (χ4v) is 4.05. The second kappa shape index (κ2) is 6.84. The van der Waals surface area contributed by atoms with Crippen LogP contribution in [0.3, 0.4) is 0 Å². The second-order valence-electron chi connectivity index (χ2n) is 6.54. The lowest BCUT2D eigenvalue weighted by molar-refractivity contribution is -0.138. The van der Waals surface area contributed by atoms with Crippen molar-refractivity contribution in [3.8, 4) is 0 Å². The molecule has 28 heavy (non-hydrogen) atoms. The third-order valence-corrected chi connectivity index (χ3v) is 5.60. The molecule has 0 amide bonds. The molecule has 0 bridgehead atoms. The number of alkyl halides is 3. The second-order valence-corrected chi connectivity index (χ2v) is 8.49. The normalized spacial score (nSPS) is 14.8. The first-order valence-corrected chi connectivity index (χ1v) is 10.1. The van der Waals surface area contributed by atoms with E-state index in [1.54, 1.807) is 12.2 Å². The van der Waals surface area contributed by atoms with Crippen LogP contribution in [0.5, 0.6) is 0 Å². The minimum atomic E-state index is -4.53. The Morgan fingerprint density at radius 1 is 0.893 bits per heavy atom. The molecule has 0 radical (unpaired) electrons. The van der Waals surface area contributed by atoms with Crippen LogP contribution in [0, 0.1) is 18.6 Å². The molecule has 0 saturated carbocycles. The largest absolute Gasteiger partial charge is 0.416 e. The van der Waals surface area contributed by atoms with Gasteiger partial charge < -0.3 is 0 Å². The van der Waals surface area contributed by atoms with Crippen molar-refractivity contribution in [3.63, 3.8) is 0 Å². The minimum Gasteiger partial charge on any atom is -0.224 e. The molecule has 2 nitrogen and oxygen atoms in total. The Labute approximate surface area is 158 Å². The predicted molar refractivity (Wildman–Crippen MR) is 96.2 cm³/mol. The minimum absolute atomic E-state index is 0.0558. The molecule has 148 valence electrons. The summed E-state index contributed by atoms with van der Waals surface area (Å²) in [7, 11) is -4.11. The first-order chi connectivity index (χ1) is 12.9. The van der Waals surface area contributed by atoms with Gasteiger partial charge in [0.25, 0.3) is 0 Å². The summed E-state index contributed by atoms with van der Waals surface area (Å²) in [5, 5.41) is 0. The van der Waals surface area contributed by atoms with Crippen LogP contribution in [-0.4, -0.2) is 14.7 Å². The molecule has 1 aliphatic rings. The number of sulfone groups is 1. The highest BCUT2D eigenvalue weighted by molar-refractivity contribution is 7.90. The molecular weight excluding hydrogens is 399 g/mol. The van der Waals surface area contributed by atoms with E-state index in [0.717, 1.165) is 18.2 Å². The van der Waals surface area contributed by atoms with Crippen molar-refractivity contribution >= 4 is 21.0 Å². The fraction of sp³-hybridized carbons (Fsp3) is 0.200. The molecular formula is C20H15F5O2S. The van der Waals surface area contributed by atoms with E-state index < -0.39 is 38.1 Å². The van der Waals surface area contributed by atoms with Gasteiger partial charge in [-0.1, -0.05) is 24.3 Å². The van der Waals surface area contributed by atoms with Gasteiger partial charge in [0.2, 0.25) is 0 Å². The first kappa shape index (κ1) is 20.3. The van der Waals surface area contributed by atoms with E-state index in [0.29, 0.717) is 23.8 Å². The molecule has 2 aromatic carbocycles. The van der Waals surface area contributed by atoms with Crippen LogP contribution in [0.1, 0.15) is 28.7 Å². The maximum atomic E-state index is 14.2. The van der Waals surface area contributed by atoms with Gasteiger partial charge in [-0.15, -0.1) is 0 Å². The Bertz CT molecular complexity index is 1100. The summed E-state index contributed by atoms with van der Waals surface area (Å²) in [6.45, 7) is 1.35. The third kappa shape index (κ3) is 3.73. The zero-order valence-electron chi connectivity index (χ0n) is 14.9. The summed E-state index contributed by atoms with van der Waals surface area (Å²) in [5.74, 6) is -2.49. The van der Waals surface area contributed by atoms with E-state index in [9.17, 15) is 30.4 Å². The third-order valence-electron chi connectivity index (χ3n) is 4.47. The summed E-state index contributed by atoms with van der Waals surface area (Å²) in [5.41, 5.74) is 0.332. The zero-order chi connectivity index (χ0) is 20.9. The molecule has 3 rings (SSSR count). The number of hydrogen-bond donors (Lipinski definition) is 0. The van der Waals surface area contributed by atoms with E-state index >= 15 is 0 Å². The Morgan fingerprint density at radius 3 is 1.93 bits per heavy atom. The summed E-state index contributed by atoms with van der Waals surface area (Å²) >= 11 is 0. The number of rotatable bonds is 3. The lowest BCUT2D eigenvalue weighted by Crippen LogP contribution is -2.08. The Kier molecular flexibility index (Phi) is 4.95. The smallest absolute Gasteiger partial charge is 0.224 e. The molecule has 0 fully saturated rings. The van der Waals surface area contributed by atoms with Crippen molar-refractivity contribution < 1.29 is 30.4 Å². The van der Waals surface area contributed by atoms with Crippen molar-refractivity contribution in [1.29, 1.82) is 0 Å². The van der Waals surface area contributed by atoms with Gasteiger partial charge in [0, 0.05) is 6.26 Å². The van der Waals surface area contributed by atoms with Crippen molar-refractivity contribution in [2.24, 2.45) is 0 Å². The standard InChI is InChI=1S/C20H15F5O2S/c1-11-6-7-12(8-16(11)20(23,24)25)14-4-3-5-15(14)13-9-17(21)19(18(22)10-13)28(2,26)27/h4-10H,3H2,1-2H3. The van der Waals surface area contributed by atoms with Gasteiger partial charge in [-0.2, -0.15) is 13.2 Å². The first-order valence-electron chi connectivity index (χ1n) is 8.18. The Balaban J connectivity index is 2.09. The van der Waals surface area contributed by atoms with Crippen LogP contribution >= 0.6 is 0 Å². The molecule has 2 aromatic rings. The van der Waals surface area contributed by atoms with Gasteiger partial charge in [0.15, 0.2) is 9.84 Å². The monoisotopic (exact) mass is 414 g/mol. The van der Waals surface area contributed by atoms with E-state index in [2.05, 4.69) is 0 Å². The zero-order valence-corrected chi connectivity index (χ0v) is 15.7. The number of benzene rings is 2. The predicted octanol–water partition coefficient (Wildman–Crippen LogP) is 5.57. The Hall–Kier alpha value is -2.48. The van der Waals surface area contributed by atoms with Gasteiger partial charge in [-0.25, -0.2) is 17.2 Å². The average molecular weight is 414 g/mol. The summed E-state index contributed by atoms with van der Waals surface area (Å²) in [6, 6.07) is 5.60. The molecule has 0 aliphatic heterocycles. The van der Waals surface area contributed by atoms with Crippen LogP contribution in [0.4, 0.5) is 22.0 Å². The van der Waals surface area contributed by atoms with E-state index in [-0.39, 0.29) is 16.7 Å². The van der Waals surface area contributed by atoms with E-state index in [1.165, 1.54) is 19.1 Å². The lowest BCUT2D eigenvalue weighted by Gasteiger charge is -2.15. The fourth-order valence-electron chi connectivity index (χ4n) is 3.23. The van der Waals surface area contributed by atoms with Crippen LogP contribution in [0.2, 0.25) is 0 Å². The van der Waals surface area contributed by atoms with Crippen molar-refractivity contribution in [2.75, 3.05) is 6.26 Å². The molecule has 0 aromatic heterocycles. The van der Waals surface area contributed by atoms with Gasteiger partial charge in [-0.05, 0) is 59.4 Å². The molecule has 0 saturated heterocycles. The maximum Gasteiger partial charge on any atom is 0.416 e. The number of hydrogen-bond acceptors (Lipinski definition) is 2. The van der Waals surface area contributed by atoms with Crippen molar-refractivity contribution in [3.05, 3.63) is 76.4 Å². The average Bonchev–Trinajstić information content (AvgIpc) is 3.01. The van der Waals surface area contributed by atoms with Gasteiger partial charge >= 0.3 is 6.18 Å². The number of allylic oxidation sites excluding steroid dienone is 4. The van der Waals surface area contributed by atoms with Crippen molar-refractivity contribution in [1.82, 2.24) is 0 Å². The van der Waals surface area contributed by atoms with E-state index in [4.69, 9.17) is 0 Å². The highest BCUT2D eigenvalue weighted by Gasteiger charge is 2.33. The van der Waals surface area contributed by atoms with Crippen molar-refractivity contribution in [2.45, 2.75) is 24.4 Å². The molecule has 0 heterocycles. The highest BCUT2D eigenvalue weighted by atomic mass is 32.2. The van der Waals surface area contributed by atoms with Gasteiger partial charge in [0.1, 0.15) is 16.5 Å². The molecule has 1 aliphatic carbocycles. The molecule has 0 N–H and O–H groups in total. The molecule has 8 heteroatoms. The van der Waals surface area contributed by atoms with E-state index in [1.807, 2.05) is 0 Å². The van der Waals surface area contributed by atoms with Crippen LogP contribution in [0.15, 0.2) is 47.4 Å². The van der Waals surface area contributed by atoms with Crippen LogP contribution < -0.4 is 0 Å². The van der Waals surface area contributed by atoms with Crippen LogP contribution in [-0.2, 0) is 16.0 Å². The molecule has 0 unspecified atom stereocenters. The number of halogens is 5. The molecule has 0 atom stereocenters. The molecule has 0 spiro atoms. The highest BCUT2D eigenvalue weighted by Crippen LogP contribution is 2.40. The lowest BCUT2D eigenvalue weighted by atomic mass is 9.92. The summed E-state index contributed by atoms with van der Waals surface area (Å²) < 4.78 is 91.2. The number of aryl methyl sites for hydroxylation is 1. The SMILES string of the molecule is Cc1ccc(C2=CCC=C2c2cc(F)c(S(C)(=O)=O)c(F)c2)cc1C(F)(F)F. The Morgan fingerprint density at radius 2 is 1.43 bits per heavy atom. The van der Waals surface area contributed by atoms with Crippen LogP contribution in [0.25, 0.3) is 11.1 Å². The summed E-state index contributed by atoms with van der Waals surface area (Å²) in [6.07, 6.45) is -0.189. The maximum absolute atomic E-state index is 14.2. The van der Waals surface area contributed by atoms with Gasteiger partial charge in [0.05, 0.1) is 5.56 Å².